The van der Waals surface area contributed by atoms with E-state index in [1.165, 1.54) is 0 Å². The lowest BCUT2D eigenvalue weighted by molar-refractivity contribution is -0.122. The van der Waals surface area contributed by atoms with E-state index in [1.807, 2.05) is 42.5 Å². The second kappa shape index (κ2) is 8.53. The number of benzene rings is 2. The quantitative estimate of drug-likeness (QED) is 0.721. The van der Waals surface area contributed by atoms with Crippen LogP contribution < -0.4 is 10.5 Å². The van der Waals surface area contributed by atoms with Gasteiger partial charge >= 0.3 is 0 Å². The van der Waals surface area contributed by atoms with Gasteiger partial charge in [-0.25, -0.2) is 4.98 Å². The Kier molecular flexibility index (Phi) is 5.65. The summed E-state index contributed by atoms with van der Waals surface area (Å²) in [7, 11) is 1.61. The van der Waals surface area contributed by atoms with Gasteiger partial charge in [0.05, 0.1) is 13.0 Å². The van der Waals surface area contributed by atoms with Crippen molar-refractivity contribution in [2.45, 2.75) is 19.3 Å². The summed E-state index contributed by atoms with van der Waals surface area (Å²) in [5.74, 6) is -0.0719. The van der Waals surface area contributed by atoms with Crippen molar-refractivity contribution in [3.05, 3.63) is 60.3 Å². The molecule has 0 bridgehead atoms. The first kappa shape index (κ1) is 19.9. The van der Waals surface area contributed by atoms with Crippen molar-refractivity contribution in [1.82, 2.24) is 9.88 Å². The number of amides is 2. The summed E-state index contributed by atoms with van der Waals surface area (Å²) >= 11 is 0. The van der Waals surface area contributed by atoms with E-state index in [1.54, 1.807) is 18.2 Å². The van der Waals surface area contributed by atoms with Gasteiger partial charge in [-0.15, -0.1) is 0 Å². The van der Waals surface area contributed by atoms with E-state index in [-0.39, 0.29) is 17.7 Å². The molecule has 1 aromatic heterocycles. The smallest absolute Gasteiger partial charge is 0.253 e. The summed E-state index contributed by atoms with van der Waals surface area (Å²) in [6.45, 7) is 1.05. The standard InChI is InChI=1S/C24H25N3O3/c1-30-23-21(6-4-11-26-23)18-9-7-17-14-19(10-8-16(17)13-18)24(29)27-12-3-2-5-20(15-27)22(25)28/h4,6-11,13-14,20H,2-3,5,12,15H2,1H3,(H2,25,28). The highest BCUT2D eigenvalue weighted by molar-refractivity contribution is 5.99. The molecule has 1 saturated heterocycles. The van der Waals surface area contributed by atoms with Crippen molar-refractivity contribution in [3.8, 4) is 17.0 Å². The highest BCUT2D eigenvalue weighted by Gasteiger charge is 2.26. The molecule has 1 aliphatic heterocycles. The Morgan fingerprint density at radius 2 is 1.90 bits per heavy atom. The Hall–Kier alpha value is -3.41. The van der Waals surface area contributed by atoms with Crippen molar-refractivity contribution in [1.29, 1.82) is 0 Å². The number of nitrogens with two attached hydrogens (primary N) is 1. The molecule has 3 aromatic rings. The minimum absolute atomic E-state index is 0.0527. The van der Waals surface area contributed by atoms with Gasteiger partial charge in [0.15, 0.2) is 0 Å². The summed E-state index contributed by atoms with van der Waals surface area (Å²) in [6, 6.07) is 15.6. The van der Waals surface area contributed by atoms with Gasteiger partial charge in [-0.05, 0) is 59.5 Å². The van der Waals surface area contributed by atoms with Crippen LogP contribution in [0.15, 0.2) is 54.7 Å². The van der Waals surface area contributed by atoms with Crippen LogP contribution in [0, 0.1) is 5.92 Å². The average molecular weight is 403 g/mol. The molecule has 1 fully saturated rings. The molecule has 154 valence electrons. The minimum atomic E-state index is -0.327. The predicted molar refractivity (Wildman–Crippen MR) is 116 cm³/mol. The number of aromatic nitrogens is 1. The van der Waals surface area contributed by atoms with Crippen LogP contribution in [0.1, 0.15) is 29.6 Å². The van der Waals surface area contributed by atoms with E-state index >= 15 is 0 Å². The molecule has 0 saturated carbocycles. The molecule has 0 aliphatic carbocycles. The summed E-state index contributed by atoms with van der Waals surface area (Å²) in [4.78, 5) is 30.8. The molecule has 1 aliphatic rings. The number of fused-ring (bicyclic) bond motifs is 1. The van der Waals surface area contributed by atoms with Gasteiger partial charge in [0.25, 0.3) is 5.91 Å². The number of primary amides is 1. The van der Waals surface area contributed by atoms with E-state index in [0.29, 0.717) is 24.5 Å². The molecular formula is C24H25N3O3. The number of likely N-dealkylation sites (tertiary alicyclic amines) is 1. The number of rotatable bonds is 4. The first-order valence-electron chi connectivity index (χ1n) is 10.2. The number of ether oxygens (including phenoxy) is 1. The third-order valence-corrected chi connectivity index (χ3v) is 5.72. The van der Waals surface area contributed by atoms with Crippen LogP contribution in [0.2, 0.25) is 0 Å². The molecule has 4 rings (SSSR count). The predicted octanol–water partition coefficient (Wildman–Crippen LogP) is 3.64. The third-order valence-electron chi connectivity index (χ3n) is 5.72. The van der Waals surface area contributed by atoms with Gasteiger partial charge in [-0.2, -0.15) is 0 Å². The zero-order valence-corrected chi connectivity index (χ0v) is 17.0. The lowest BCUT2D eigenvalue weighted by Crippen LogP contribution is -2.38. The van der Waals surface area contributed by atoms with Gasteiger partial charge in [0, 0.05) is 30.4 Å². The zero-order valence-electron chi connectivity index (χ0n) is 17.0. The first-order valence-corrected chi connectivity index (χ1v) is 10.2. The van der Waals surface area contributed by atoms with Gasteiger partial charge < -0.3 is 15.4 Å². The van der Waals surface area contributed by atoms with E-state index < -0.39 is 0 Å². The van der Waals surface area contributed by atoms with Crippen LogP contribution >= 0.6 is 0 Å². The maximum atomic E-state index is 13.1. The number of nitrogens with zero attached hydrogens (tertiary/aromatic N) is 2. The maximum Gasteiger partial charge on any atom is 0.253 e. The number of hydrogen-bond acceptors (Lipinski definition) is 4. The fourth-order valence-electron chi connectivity index (χ4n) is 4.06. The van der Waals surface area contributed by atoms with Gasteiger partial charge in [0.1, 0.15) is 0 Å². The normalized spacial score (nSPS) is 16.8. The van der Waals surface area contributed by atoms with Crippen LogP contribution in [0.3, 0.4) is 0 Å². The number of carbonyl (C=O) groups is 2. The lowest BCUT2D eigenvalue weighted by atomic mass is 10.00. The molecule has 0 radical (unpaired) electrons. The van der Waals surface area contributed by atoms with Crippen molar-refractivity contribution in [2.24, 2.45) is 11.7 Å². The Labute approximate surface area is 175 Å². The van der Waals surface area contributed by atoms with Gasteiger partial charge in [-0.1, -0.05) is 24.6 Å². The second-order valence-electron chi connectivity index (χ2n) is 7.68. The number of pyridine rings is 1. The SMILES string of the molecule is COc1ncccc1-c1ccc2cc(C(=O)N3CCCCC(C(N)=O)C3)ccc2c1. The van der Waals surface area contributed by atoms with E-state index in [0.717, 1.165) is 41.2 Å². The molecule has 0 spiro atoms. The molecular weight excluding hydrogens is 378 g/mol. The summed E-state index contributed by atoms with van der Waals surface area (Å²) in [5, 5.41) is 2.01. The number of carbonyl (C=O) groups excluding carboxylic acids is 2. The van der Waals surface area contributed by atoms with Crippen LogP contribution in [-0.4, -0.2) is 41.9 Å². The lowest BCUT2D eigenvalue weighted by Gasteiger charge is -2.23. The Morgan fingerprint density at radius 3 is 2.70 bits per heavy atom. The van der Waals surface area contributed by atoms with Gasteiger partial charge in [0.2, 0.25) is 11.8 Å². The van der Waals surface area contributed by atoms with E-state index in [2.05, 4.69) is 11.1 Å². The van der Waals surface area contributed by atoms with Crippen LogP contribution in [-0.2, 0) is 4.79 Å². The molecule has 1 unspecified atom stereocenters. The Bertz CT molecular complexity index is 1100. The maximum absolute atomic E-state index is 13.1. The monoisotopic (exact) mass is 403 g/mol. The van der Waals surface area contributed by atoms with Crippen LogP contribution in [0.5, 0.6) is 5.88 Å². The average Bonchev–Trinajstić information content (AvgIpc) is 3.04. The van der Waals surface area contributed by atoms with E-state index in [9.17, 15) is 9.59 Å². The molecule has 30 heavy (non-hydrogen) atoms. The molecule has 6 heteroatoms. The highest BCUT2D eigenvalue weighted by atomic mass is 16.5. The molecule has 2 heterocycles. The topological polar surface area (TPSA) is 85.5 Å². The first-order chi connectivity index (χ1) is 14.6. The van der Waals surface area contributed by atoms with Crippen molar-refractivity contribution in [3.63, 3.8) is 0 Å². The molecule has 2 N–H and O–H groups in total. The largest absolute Gasteiger partial charge is 0.481 e. The van der Waals surface area contributed by atoms with Crippen molar-refractivity contribution < 1.29 is 14.3 Å². The molecule has 1 atom stereocenters. The Morgan fingerprint density at radius 1 is 1.10 bits per heavy atom. The molecule has 2 aromatic carbocycles. The number of methoxy groups -OCH3 is 1. The fraction of sp³-hybridized carbons (Fsp3) is 0.292. The van der Waals surface area contributed by atoms with E-state index in [4.69, 9.17) is 10.5 Å². The number of hydrogen-bond donors (Lipinski definition) is 1. The minimum Gasteiger partial charge on any atom is -0.481 e. The van der Waals surface area contributed by atoms with Crippen LogP contribution in [0.4, 0.5) is 0 Å². The fourth-order valence-corrected chi connectivity index (χ4v) is 4.06. The summed E-state index contributed by atoms with van der Waals surface area (Å²) in [6.07, 6.45) is 4.25. The molecule has 6 nitrogen and oxygen atoms in total. The zero-order chi connectivity index (χ0) is 21.1. The molecule has 2 amide bonds. The van der Waals surface area contributed by atoms with Crippen LogP contribution in [0.25, 0.3) is 21.9 Å². The highest BCUT2D eigenvalue weighted by Crippen LogP contribution is 2.30. The van der Waals surface area contributed by atoms with Crippen molar-refractivity contribution in [2.75, 3.05) is 20.2 Å². The third kappa shape index (κ3) is 3.99. The Balaban J connectivity index is 1.62. The van der Waals surface area contributed by atoms with Crippen molar-refractivity contribution >= 4 is 22.6 Å². The second-order valence-corrected chi connectivity index (χ2v) is 7.68. The summed E-state index contributed by atoms with van der Waals surface area (Å²) < 4.78 is 5.37. The van der Waals surface area contributed by atoms with Gasteiger partial charge in [-0.3, -0.25) is 9.59 Å². The summed E-state index contributed by atoms with van der Waals surface area (Å²) in [5.41, 5.74) is 8.05.